The summed E-state index contributed by atoms with van der Waals surface area (Å²) in [5.74, 6) is 0.792. The molecule has 0 N–H and O–H groups in total. The molecule has 3 aromatic rings. The number of fused-ring (bicyclic) bond motifs is 1. The van der Waals surface area contributed by atoms with E-state index in [1.165, 1.54) is 7.11 Å². The van der Waals surface area contributed by atoms with E-state index in [1.807, 2.05) is 24.3 Å². The van der Waals surface area contributed by atoms with Gasteiger partial charge in [0.05, 0.1) is 14.2 Å². The summed E-state index contributed by atoms with van der Waals surface area (Å²) in [6.45, 7) is 1.71. The molecule has 1 aromatic heterocycles. The predicted molar refractivity (Wildman–Crippen MR) is 87.4 cm³/mol. The van der Waals surface area contributed by atoms with Gasteiger partial charge in [0.25, 0.3) is 0 Å². The summed E-state index contributed by atoms with van der Waals surface area (Å²) < 4.78 is 21.4. The summed E-state index contributed by atoms with van der Waals surface area (Å²) >= 11 is 0. The molecular formula is C18H17NO5. The number of ether oxygens (including phenoxy) is 3. The molecule has 6 nitrogen and oxygen atoms in total. The van der Waals surface area contributed by atoms with Crippen LogP contribution in [-0.4, -0.2) is 25.2 Å². The lowest BCUT2D eigenvalue weighted by Gasteiger charge is -2.13. The van der Waals surface area contributed by atoms with E-state index in [1.54, 1.807) is 32.2 Å². The highest BCUT2D eigenvalue weighted by atomic mass is 16.6. The summed E-state index contributed by atoms with van der Waals surface area (Å²) in [7, 11) is 3.03. The summed E-state index contributed by atoms with van der Waals surface area (Å²) in [6, 6.07) is 12.3. The molecule has 24 heavy (non-hydrogen) atoms. The molecule has 0 spiro atoms. The predicted octanol–water partition coefficient (Wildman–Crippen LogP) is 3.76. The quantitative estimate of drug-likeness (QED) is 0.664. The average molecular weight is 327 g/mol. The molecule has 0 aliphatic rings. The molecule has 0 bridgehead atoms. The highest BCUT2D eigenvalue weighted by Crippen LogP contribution is 2.28. The van der Waals surface area contributed by atoms with Crippen LogP contribution >= 0.6 is 0 Å². The zero-order chi connectivity index (χ0) is 17.1. The fourth-order valence-corrected chi connectivity index (χ4v) is 2.31. The first-order chi connectivity index (χ1) is 11.6. The number of benzene rings is 2. The normalized spacial score (nSPS) is 12.0. The second-order valence-electron chi connectivity index (χ2n) is 5.13. The van der Waals surface area contributed by atoms with E-state index in [0.29, 0.717) is 28.5 Å². The van der Waals surface area contributed by atoms with Gasteiger partial charge in [-0.15, -0.1) is 0 Å². The zero-order valence-corrected chi connectivity index (χ0v) is 13.6. The summed E-state index contributed by atoms with van der Waals surface area (Å²) in [6.07, 6.45) is -0.628. The third-order valence-electron chi connectivity index (χ3n) is 3.57. The molecule has 1 heterocycles. The third-order valence-corrected chi connectivity index (χ3v) is 3.57. The van der Waals surface area contributed by atoms with Crippen LogP contribution in [0.1, 0.15) is 29.3 Å². The van der Waals surface area contributed by atoms with Gasteiger partial charge in [0.1, 0.15) is 22.6 Å². The summed E-state index contributed by atoms with van der Waals surface area (Å²) in [5.41, 5.74) is 1.68. The molecule has 3 rings (SSSR count). The average Bonchev–Trinajstić information content (AvgIpc) is 3.05. The fourth-order valence-electron chi connectivity index (χ4n) is 2.31. The minimum Gasteiger partial charge on any atom is -0.497 e. The number of carbonyl (C=O) groups excluding carboxylic acids is 1. The summed E-state index contributed by atoms with van der Waals surface area (Å²) in [5, 5.41) is 0. The Kier molecular flexibility index (Phi) is 4.37. The van der Waals surface area contributed by atoms with Crippen LogP contribution in [0.2, 0.25) is 0 Å². The van der Waals surface area contributed by atoms with E-state index >= 15 is 0 Å². The van der Waals surface area contributed by atoms with E-state index in [2.05, 4.69) is 4.98 Å². The van der Waals surface area contributed by atoms with Gasteiger partial charge >= 0.3 is 5.97 Å². The molecule has 0 amide bonds. The van der Waals surface area contributed by atoms with Crippen molar-refractivity contribution in [2.75, 3.05) is 14.2 Å². The smallest absolute Gasteiger partial charge is 0.342 e. The van der Waals surface area contributed by atoms with Crippen LogP contribution in [0.3, 0.4) is 0 Å². The molecule has 0 saturated carbocycles. The number of hydrogen-bond acceptors (Lipinski definition) is 6. The molecular weight excluding hydrogens is 310 g/mol. The zero-order valence-electron chi connectivity index (χ0n) is 13.6. The highest BCUT2D eigenvalue weighted by Gasteiger charge is 2.21. The lowest BCUT2D eigenvalue weighted by molar-refractivity contribution is 0.0279. The number of para-hydroxylation sites is 2. The Labute approximate surface area is 139 Å². The van der Waals surface area contributed by atoms with E-state index in [9.17, 15) is 4.79 Å². The van der Waals surface area contributed by atoms with Crippen LogP contribution < -0.4 is 9.47 Å². The lowest BCUT2D eigenvalue weighted by Crippen LogP contribution is -2.11. The first-order valence-electron chi connectivity index (χ1n) is 7.41. The van der Waals surface area contributed by atoms with Crippen LogP contribution in [-0.2, 0) is 4.74 Å². The maximum absolute atomic E-state index is 12.4. The molecule has 0 fully saturated rings. The first-order valence-corrected chi connectivity index (χ1v) is 7.41. The van der Waals surface area contributed by atoms with Crippen LogP contribution in [0.4, 0.5) is 0 Å². The number of nitrogens with zero attached hydrogens (tertiary/aromatic N) is 1. The molecule has 0 aliphatic heterocycles. The Balaban J connectivity index is 1.81. The van der Waals surface area contributed by atoms with Gasteiger partial charge < -0.3 is 18.6 Å². The molecule has 124 valence electrons. The number of esters is 1. The Bertz CT molecular complexity index is 838. The Hall–Kier alpha value is -3.02. The van der Waals surface area contributed by atoms with Crippen LogP contribution in [0.25, 0.3) is 11.1 Å². The van der Waals surface area contributed by atoms with Gasteiger partial charge in [-0.1, -0.05) is 12.1 Å². The lowest BCUT2D eigenvalue weighted by atomic mass is 10.2. The van der Waals surface area contributed by atoms with Crippen molar-refractivity contribution in [2.24, 2.45) is 0 Å². The van der Waals surface area contributed by atoms with Crippen molar-refractivity contribution in [3.63, 3.8) is 0 Å². The number of methoxy groups -OCH3 is 2. The van der Waals surface area contributed by atoms with Gasteiger partial charge in [-0.25, -0.2) is 9.78 Å². The Morgan fingerprint density at radius 2 is 1.92 bits per heavy atom. The largest absolute Gasteiger partial charge is 0.497 e. The van der Waals surface area contributed by atoms with Crippen LogP contribution in [0.15, 0.2) is 46.9 Å². The van der Waals surface area contributed by atoms with Gasteiger partial charge in [-0.05, 0) is 31.2 Å². The summed E-state index contributed by atoms with van der Waals surface area (Å²) in [4.78, 5) is 16.7. The maximum atomic E-state index is 12.4. The SMILES string of the molecule is COc1ccc(C(=O)O[C@H](C)c2nc3ccccc3o2)c(OC)c1. The van der Waals surface area contributed by atoms with Crippen molar-refractivity contribution in [3.8, 4) is 11.5 Å². The number of rotatable bonds is 5. The molecule has 0 saturated heterocycles. The Morgan fingerprint density at radius 3 is 2.62 bits per heavy atom. The van der Waals surface area contributed by atoms with Crippen molar-refractivity contribution in [1.29, 1.82) is 0 Å². The fraction of sp³-hybridized carbons (Fsp3) is 0.222. The molecule has 2 aromatic carbocycles. The monoisotopic (exact) mass is 327 g/mol. The van der Waals surface area contributed by atoms with Gasteiger partial charge in [0, 0.05) is 6.07 Å². The number of oxazole rings is 1. The van der Waals surface area contributed by atoms with Crippen molar-refractivity contribution < 1.29 is 23.4 Å². The molecule has 1 atom stereocenters. The third kappa shape index (κ3) is 3.03. The Morgan fingerprint density at radius 1 is 1.12 bits per heavy atom. The van der Waals surface area contributed by atoms with E-state index < -0.39 is 12.1 Å². The van der Waals surface area contributed by atoms with Gasteiger partial charge in [0.2, 0.25) is 5.89 Å². The van der Waals surface area contributed by atoms with Gasteiger partial charge in [0.15, 0.2) is 11.7 Å². The minimum atomic E-state index is -0.628. The van der Waals surface area contributed by atoms with Gasteiger partial charge in [-0.3, -0.25) is 0 Å². The number of aromatic nitrogens is 1. The van der Waals surface area contributed by atoms with Crippen LogP contribution in [0.5, 0.6) is 11.5 Å². The maximum Gasteiger partial charge on any atom is 0.342 e. The number of hydrogen-bond donors (Lipinski definition) is 0. The minimum absolute atomic E-state index is 0.307. The topological polar surface area (TPSA) is 70.8 Å². The van der Waals surface area contributed by atoms with Crippen molar-refractivity contribution in [3.05, 3.63) is 53.9 Å². The van der Waals surface area contributed by atoms with E-state index in [0.717, 1.165) is 5.52 Å². The van der Waals surface area contributed by atoms with Crippen molar-refractivity contribution in [1.82, 2.24) is 4.98 Å². The second-order valence-corrected chi connectivity index (χ2v) is 5.13. The van der Waals surface area contributed by atoms with Gasteiger partial charge in [-0.2, -0.15) is 0 Å². The second kappa shape index (κ2) is 6.62. The first kappa shape index (κ1) is 15.9. The molecule has 0 radical (unpaired) electrons. The van der Waals surface area contributed by atoms with E-state index in [4.69, 9.17) is 18.6 Å². The molecule has 0 aliphatic carbocycles. The van der Waals surface area contributed by atoms with Crippen molar-refractivity contribution in [2.45, 2.75) is 13.0 Å². The highest BCUT2D eigenvalue weighted by molar-refractivity contribution is 5.93. The standard InChI is InChI=1S/C18H17NO5/c1-11(17-19-14-6-4-5-7-15(14)24-17)23-18(20)13-9-8-12(21-2)10-16(13)22-3/h4-11H,1-3H3/t11-/m1/s1. The van der Waals surface area contributed by atoms with Crippen molar-refractivity contribution >= 4 is 17.1 Å². The van der Waals surface area contributed by atoms with Crippen LogP contribution in [0, 0.1) is 0 Å². The molecule has 6 heteroatoms. The number of carbonyl (C=O) groups is 1. The van der Waals surface area contributed by atoms with E-state index in [-0.39, 0.29) is 0 Å². The molecule has 0 unspecified atom stereocenters.